The Morgan fingerprint density at radius 2 is 1.92 bits per heavy atom. The summed E-state index contributed by atoms with van der Waals surface area (Å²) < 4.78 is 12.9. The van der Waals surface area contributed by atoms with E-state index in [-0.39, 0.29) is 24.5 Å². The number of aliphatic hydroxyl groups is 1. The van der Waals surface area contributed by atoms with Crippen LogP contribution >= 0.6 is 0 Å². The summed E-state index contributed by atoms with van der Waals surface area (Å²) in [6.45, 7) is 2.51. The van der Waals surface area contributed by atoms with Gasteiger partial charge in [0, 0.05) is 13.1 Å². The lowest BCUT2D eigenvalue weighted by Crippen LogP contribution is -2.29. The van der Waals surface area contributed by atoms with E-state index in [1.165, 1.54) is 17.0 Å². The van der Waals surface area contributed by atoms with E-state index in [2.05, 4.69) is 5.32 Å². The lowest BCUT2D eigenvalue weighted by molar-refractivity contribution is -0.128. The zero-order valence-corrected chi connectivity index (χ0v) is 14.3. The summed E-state index contributed by atoms with van der Waals surface area (Å²) in [5, 5.41) is 12.7. The van der Waals surface area contributed by atoms with Crippen LogP contribution in [-0.2, 0) is 22.7 Å². The number of aryl methyl sites for hydroxylation is 1. The summed E-state index contributed by atoms with van der Waals surface area (Å²) in [4.78, 5) is 26.0. The van der Waals surface area contributed by atoms with Crippen LogP contribution in [0.25, 0.3) is 0 Å². The predicted octanol–water partition coefficient (Wildman–Crippen LogP) is 2.60. The van der Waals surface area contributed by atoms with Crippen molar-refractivity contribution in [3.63, 3.8) is 0 Å². The van der Waals surface area contributed by atoms with Gasteiger partial charge in [0.25, 0.3) is 11.8 Å². The zero-order chi connectivity index (χ0) is 18.7. The molecule has 0 spiro atoms. The van der Waals surface area contributed by atoms with Crippen molar-refractivity contribution in [1.29, 1.82) is 0 Å². The quantitative estimate of drug-likeness (QED) is 0.867. The molecule has 0 bridgehead atoms. The first kappa shape index (κ1) is 17.7. The fourth-order valence-electron chi connectivity index (χ4n) is 2.85. The van der Waals surface area contributed by atoms with Crippen molar-refractivity contribution in [3.05, 3.63) is 82.4 Å². The molecule has 0 fully saturated rings. The first-order valence-corrected chi connectivity index (χ1v) is 8.23. The highest BCUT2D eigenvalue weighted by atomic mass is 19.1. The van der Waals surface area contributed by atoms with Gasteiger partial charge in [-0.25, -0.2) is 4.39 Å². The number of nitrogens with zero attached hydrogens (tertiary/aromatic N) is 1. The van der Waals surface area contributed by atoms with Crippen molar-refractivity contribution < 1.29 is 19.1 Å². The maximum absolute atomic E-state index is 12.9. The smallest absolute Gasteiger partial charge is 0.289 e. The van der Waals surface area contributed by atoms with E-state index < -0.39 is 17.6 Å². The molecule has 0 saturated carbocycles. The van der Waals surface area contributed by atoms with Gasteiger partial charge in [-0.3, -0.25) is 9.59 Å². The Morgan fingerprint density at radius 1 is 1.19 bits per heavy atom. The molecule has 6 heteroatoms. The van der Waals surface area contributed by atoms with E-state index in [0.717, 1.165) is 16.7 Å². The van der Waals surface area contributed by atoms with Gasteiger partial charge in [0.15, 0.2) is 5.76 Å². The molecule has 2 aromatic carbocycles. The molecule has 0 aromatic heterocycles. The van der Waals surface area contributed by atoms with Crippen molar-refractivity contribution in [2.24, 2.45) is 0 Å². The van der Waals surface area contributed by atoms with Crippen LogP contribution in [0.5, 0.6) is 0 Å². The van der Waals surface area contributed by atoms with Crippen LogP contribution in [0.2, 0.25) is 0 Å². The van der Waals surface area contributed by atoms with Crippen LogP contribution in [0, 0.1) is 12.7 Å². The second kappa shape index (κ2) is 7.39. The van der Waals surface area contributed by atoms with E-state index in [0.29, 0.717) is 6.54 Å². The number of hydrogen-bond donors (Lipinski definition) is 2. The molecule has 1 aliphatic rings. The number of aliphatic hydroxyl groups excluding tert-OH is 1. The molecular weight excluding hydrogens is 335 g/mol. The molecule has 2 aromatic rings. The molecule has 2 amide bonds. The third-order valence-corrected chi connectivity index (χ3v) is 4.22. The third kappa shape index (κ3) is 3.91. The third-order valence-electron chi connectivity index (χ3n) is 4.22. The maximum atomic E-state index is 12.9. The summed E-state index contributed by atoms with van der Waals surface area (Å²) in [5.41, 5.74) is 2.77. The van der Waals surface area contributed by atoms with E-state index in [4.69, 9.17) is 0 Å². The van der Waals surface area contributed by atoms with Crippen LogP contribution in [0.1, 0.15) is 16.7 Å². The monoisotopic (exact) mass is 354 g/mol. The van der Waals surface area contributed by atoms with Crippen molar-refractivity contribution in [3.8, 4) is 0 Å². The number of halogens is 1. The minimum absolute atomic E-state index is 0.0461. The summed E-state index contributed by atoms with van der Waals surface area (Å²) in [6, 6.07) is 13.4. The number of benzene rings is 2. The summed E-state index contributed by atoms with van der Waals surface area (Å²) >= 11 is 0. The molecule has 0 atom stereocenters. The summed E-state index contributed by atoms with van der Waals surface area (Å²) in [5.74, 6) is -1.94. The van der Waals surface area contributed by atoms with Crippen molar-refractivity contribution in [1.82, 2.24) is 10.2 Å². The Morgan fingerprint density at radius 3 is 2.62 bits per heavy atom. The van der Waals surface area contributed by atoms with Gasteiger partial charge in [-0.2, -0.15) is 0 Å². The lowest BCUT2D eigenvalue weighted by atomic mass is 10.1. The van der Waals surface area contributed by atoms with Crippen molar-refractivity contribution in [2.45, 2.75) is 20.0 Å². The maximum Gasteiger partial charge on any atom is 0.289 e. The van der Waals surface area contributed by atoms with E-state index in [9.17, 15) is 19.1 Å². The Labute approximate surface area is 150 Å². The number of nitrogens with one attached hydrogen (secondary N) is 1. The molecule has 26 heavy (non-hydrogen) atoms. The highest BCUT2D eigenvalue weighted by molar-refractivity contribution is 6.06. The van der Waals surface area contributed by atoms with Crippen LogP contribution < -0.4 is 5.32 Å². The second-order valence-electron chi connectivity index (χ2n) is 6.29. The molecule has 0 unspecified atom stereocenters. The van der Waals surface area contributed by atoms with Gasteiger partial charge in [0.2, 0.25) is 0 Å². The fourth-order valence-corrected chi connectivity index (χ4v) is 2.85. The van der Waals surface area contributed by atoms with E-state index >= 15 is 0 Å². The topological polar surface area (TPSA) is 69.6 Å². The van der Waals surface area contributed by atoms with Gasteiger partial charge in [-0.15, -0.1) is 0 Å². The van der Waals surface area contributed by atoms with Crippen LogP contribution in [0.4, 0.5) is 4.39 Å². The fraction of sp³-hybridized carbons (Fsp3) is 0.200. The minimum atomic E-state index is -0.557. The first-order chi connectivity index (χ1) is 12.4. The largest absolute Gasteiger partial charge is 0.503 e. The second-order valence-corrected chi connectivity index (χ2v) is 6.29. The molecule has 2 N–H and O–H groups in total. The van der Waals surface area contributed by atoms with Gasteiger partial charge < -0.3 is 15.3 Å². The number of carbonyl (C=O) groups is 2. The Balaban J connectivity index is 1.63. The number of carbonyl (C=O) groups excluding carboxylic acids is 2. The molecule has 3 rings (SSSR count). The molecule has 0 saturated heterocycles. The van der Waals surface area contributed by atoms with Gasteiger partial charge in [-0.05, 0) is 30.2 Å². The van der Waals surface area contributed by atoms with Gasteiger partial charge in [0.1, 0.15) is 5.82 Å². The SMILES string of the molecule is Cc1cccc(CN2CC(C(=O)NCc3ccc(F)cc3)=C(O)C2=O)c1. The minimum Gasteiger partial charge on any atom is -0.503 e. The van der Waals surface area contributed by atoms with E-state index in [1.807, 2.05) is 31.2 Å². The Kier molecular flexibility index (Phi) is 5.02. The molecule has 0 radical (unpaired) electrons. The Hall–Kier alpha value is -3.15. The number of hydrogen-bond acceptors (Lipinski definition) is 3. The molecule has 1 heterocycles. The average Bonchev–Trinajstić information content (AvgIpc) is 2.89. The zero-order valence-electron chi connectivity index (χ0n) is 14.3. The normalized spacial score (nSPS) is 14.1. The standard InChI is InChI=1S/C20H19FN2O3/c1-13-3-2-4-15(9-13)11-23-12-17(18(24)20(23)26)19(25)22-10-14-5-7-16(21)8-6-14/h2-9,24H,10-12H2,1H3,(H,22,25). The molecule has 134 valence electrons. The predicted molar refractivity (Wildman–Crippen MR) is 94.5 cm³/mol. The van der Waals surface area contributed by atoms with Crippen LogP contribution in [0.15, 0.2) is 59.9 Å². The van der Waals surface area contributed by atoms with Crippen molar-refractivity contribution >= 4 is 11.8 Å². The highest BCUT2D eigenvalue weighted by Crippen LogP contribution is 2.20. The lowest BCUT2D eigenvalue weighted by Gasteiger charge is -2.16. The van der Waals surface area contributed by atoms with Gasteiger partial charge in [-0.1, -0.05) is 42.0 Å². The Bertz CT molecular complexity index is 875. The first-order valence-electron chi connectivity index (χ1n) is 8.23. The summed E-state index contributed by atoms with van der Waals surface area (Å²) in [6.07, 6.45) is 0. The van der Waals surface area contributed by atoms with Gasteiger partial charge >= 0.3 is 0 Å². The number of rotatable bonds is 5. The van der Waals surface area contributed by atoms with Crippen molar-refractivity contribution in [2.75, 3.05) is 6.54 Å². The van der Waals surface area contributed by atoms with Crippen LogP contribution in [-0.4, -0.2) is 28.4 Å². The number of amides is 2. The summed E-state index contributed by atoms with van der Waals surface area (Å²) in [7, 11) is 0. The highest BCUT2D eigenvalue weighted by Gasteiger charge is 2.33. The molecule has 1 aliphatic heterocycles. The molecule has 5 nitrogen and oxygen atoms in total. The molecule has 0 aliphatic carbocycles. The van der Waals surface area contributed by atoms with E-state index in [1.54, 1.807) is 12.1 Å². The molecular formula is C20H19FN2O3. The average molecular weight is 354 g/mol. The van der Waals surface area contributed by atoms with Crippen LogP contribution in [0.3, 0.4) is 0 Å². The van der Waals surface area contributed by atoms with Gasteiger partial charge in [0.05, 0.1) is 12.1 Å².